The monoisotopic (exact) mass is 309 g/mol. The highest BCUT2D eigenvalue weighted by atomic mass is 16.5. The summed E-state index contributed by atoms with van der Waals surface area (Å²) >= 11 is 0. The van der Waals surface area contributed by atoms with Gasteiger partial charge in [0.05, 0.1) is 18.6 Å². The number of likely N-dealkylation sites (tertiary alicyclic amines) is 1. The highest BCUT2D eigenvalue weighted by Crippen LogP contribution is 2.21. The van der Waals surface area contributed by atoms with Gasteiger partial charge in [-0.15, -0.1) is 0 Å². The SMILES string of the molecule is CCOC(=O)C1CCCN(C(=O)c2coc(C(N)CC)n2)C1. The number of hydrogen-bond donors (Lipinski definition) is 1. The minimum absolute atomic E-state index is 0.229. The molecule has 1 aliphatic rings. The molecule has 0 radical (unpaired) electrons. The molecule has 22 heavy (non-hydrogen) atoms. The number of ether oxygens (including phenoxy) is 1. The molecular formula is C15H23N3O4. The van der Waals surface area contributed by atoms with Crippen LogP contribution >= 0.6 is 0 Å². The second kappa shape index (κ2) is 7.40. The number of nitrogens with zero attached hydrogens (tertiary/aromatic N) is 2. The Morgan fingerprint density at radius 2 is 2.32 bits per heavy atom. The zero-order valence-corrected chi connectivity index (χ0v) is 13.1. The van der Waals surface area contributed by atoms with Gasteiger partial charge >= 0.3 is 5.97 Å². The summed E-state index contributed by atoms with van der Waals surface area (Å²) in [6.45, 7) is 5.02. The molecule has 0 spiro atoms. The van der Waals surface area contributed by atoms with Gasteiger partial charge in [0.1, 0.15) is 6.26 Å². The third kappa shape index (κ3) is 3.65. The van der Waals surface area contributed by atoms with Crippen molar-refractivity contribution in [2.75, 3.05) is 19.7 Å². The van der Waals surface area contributed by atoms with Crippen LogP contribution in [0.2, 0.25) is 0 Å². The molecule has 7 nitrogen and oxygen atoms in total. The van der Waals surface area contributed by atoms with Crippen molar-refractivity contribution >= 4 is 11.9 Å². The molecule has 2 rings (SSSR count). The summed E-state index contributed by atoms with van der Waals surface area (Å²) < 4.78 is 10.3. The number of oxazole rings is 1. The molecule has 0 aromatic carbocycles. The van der Waals surface area contributed by atoms with Gasteiger partial charge in [-0.1, -0.05) is 6.92 Å². The van der Waals surface area contributed by atoms with Crippen molar-refractivity contribution in [2.24, 2.45) is 11.7 Å². The van der Waals surface area contributed by atoms with Crippen LogP contribution in [0.1, 0.15) is 55.5 Å². The van der Waals surface area contributed by atoms with E-state index in [1.165, 1.54) is 6.26 Å². The Labute approximate surface area is 129 Å². The van der Waals surface area contributed by atoms with Gasteiger partial charge in [0.2, 0.25) is 5.89 Å². The minimum atomic E-state index is -0.310. The molecule has 0 bridgehead atoms. The summed E-state index contributed by atoms with van der Waals surface area (Å²) in [6, 6.07) is -0.310. The number of carbonyl (C=O) groups excluding carboxylic acids is 2. The van der Waals surface area contributed by atoms with Gasteiger partial charge in [-0.3, -0.25) is 9.59 Å². The fourth-order valence-electron chi connectivity index (χ4n) is 2.51. The van der Waals surface area contributed by atoms with E-state index in [9.17, 15) is 9.59 Å². The molecule has 1 fully saturated rings. The van der Waals surface area contributed by atoms with Crippen LogP contribution in [0.25, 0.3) is 0 Å². The first-order valence-electron chi connectivity index (χ1n) is 7.73. The average molecular weight is 309 g/mol. The lowest BCUT2D eigenvalue weighted by atomic mass is 9.98. The minimum Gasteiger partial charge on any atom is -0.466 e. The van der Waals surface area contributed by atoms with Crippen molar-refractivity contribution in [3.05, 3.63) is 17.8 Å². The smallest absolute Gasteiger partial charge is 0.310 e. The summed E-state index contributed by atoms with van der Waals surface area (Å²) in [7, 11) is 0. The largest absolute Gasteiger partial charge is 0.466 e. The van der Waals surface area contributed by atoms with E-state index in [4.69, 9.17) is 14.9 Å². The van der Waals surface area contributed by atoms with Crippen LogP contribution in [0.15, 0.2) is 10.7 Å². The Morgan fingerprint density at radius 1 is 1.55 bits per heavy atom. The van der Waals surface area contributed by atoms with E-state index in [1.54, 1.807) is 11.8 Å². The van der Waals surface area contributed by atoms with Crippen LogP contribution < -0.4 is 5.73 Å². The van der Waals surface area contributed by atoms with E-state index in [2.05, 4.69) is 4.98 Å². The number of carbonyl (C=O) groups is 2. The highest BCUT2D eigenvalue weighted by Gasteiger charge is 2.31. The lowest BCUT2D eigenvalue weighted by Gasteiger charge is -2.30. The summed E-state index contributed by atoms with van der Waals surface area (Å²) in [5.41, 5.74) is 6.08. The Kier molecular flexibility index (Phi) is 5.54. The number of esters is 1. The first-order valence-corrected chi connectivity index (χ1v) is 7.73. The van der Waals surface area contributed by atoms with Crippen LogP contribution in [-0.2, 0) is 9.53 Å². The van der Waals surface area contributed by atoms with Crippen molar-refractivity contribution < 1.29 is 18.7 Å². The maximum Gasteiger partial charge on any atom is 0.310 e. The van der Waals surface area contributed by atoms with Crippen molar-refractivity contribution in [2.45, 2.75) is 39.2 Å². The number of nitrogens with two attached hydrogens (primary N) is 1. The number of amides is 1. The van der Waals surface area contributed by atoms with Crippen molar-refractivity contribution in [1.29, 1.82) is 0 Å². The molecule has 1 aliphatic heterocycles. The first-order chi connectivity index (χ1) is 10.6. The molecule has 0 saturated carbocycles. The Morgan fingerprint density at radius 3 is 3.00 bits per heavy atom. The van der Waals surface area contributed by atoms with Gasteiger partial charge in [0, 0.05) is 13.1 Å². The van der Waals surface area contributed by atoms with Crippen LogP contribution in [0.4, 0.5) is 0 Å². The van der Waals surface area contributed by atoms with Gasteiger partial charge in [-0.05, 0) is 26.2 Å². The predicted octanol–water partition coefficient (Wildman–Crippen LogP) is 1.50. The Balaban J connectivity index is 2.02. The maximum absolute atomic E-state index is 12.5. The van der Waals surface area contributed by atoms with E-state index in [1.807, 2.05) is 6.92 Å². The third-order valence-electron chi connectivity index (χ3n) is 3.83. The molecule has 0 aliphatic carbocycles. The molecule has 1 saturated heterocycles. The average Bonchev–Trinajstić information content (AvgIpc) is 3.03. The lowest BCUT2D eigenvalue weighted by Crippen LogP contribution is -2.43. The predicted molar refractivity (Wildman–Crippen MR) is 79.0 cm³/mol. The molecule has 1 amide bonds. The van der Waals surface area contributed by atoms with Gasteiger partial charge in [0.25, 0.3) is 5.91 Å². The van der Waals surface area contributed by atoms with Crippen molar-refractivity contribution in [3.8, 4) is 0 Å². The van der Waals surface area contributed by atoms with Crippen LogP contribution in [0, 0.1) is 5.92 Å². The van der Waals surface area contributed by atoms with Crippen LogP contribution in [0.3, 0.4) is 0 Å². The second-order valence-corrected chi connectivity index (χ2v) is 5.43. The maximum atomic E-state index is 12.5. The van der Waals surface area contributed by atoms with Gasteiger partial charge < -0.3 is 19.8 Å². The standard InChI is InChI=1S/C15H23N3O4/c1-3-11(16)13-17-12(9-22-13)14(19)18-7-5-6-10(8-18)15(20)21-4-2/h9-11H,3-8,16H2,1-2H3. The molecule has 2 atom stereocenters. The molecule has 122 valence electrons. The van der Waals surface area contributed by atoms with E-state index in [0.29, 0.717) is 32.0 Å². The van der Waals surface area contributed by atoms with Gasteiger partial charge in [0.15, 0.2) is 5.69 Å². The lowest BCUT2D eigenvalue weighted by molar-refractivity contribution is -0.149. The molecular weight excluding hydrogens is 286 g/mol. The molecule has 1 aromatic heterocycles. The number of aromatic nitrogens is 1. The summed E-state index contributed by atoms with van der Waals surface area (Å²) in [5.74, 6) is -0.368. The molecule has 1 aromatic rings. The molecule has 2 N–H and O–H groups in total. The zero-order valence-electron chi connectivity index (χ0n) is 13.1. The summed E-state index contributed by atoms with van der Waals surface area (Å²) in [5, 5.41) is 0. The summed E-state index contributed by atoms with van der Waals surface area (Å²) in [6.07, 6.45) is 3.53. The fraction of sp³-hybridized carbons (Fsp3) is 0.667. The second-order valence-electron chi connectivity index (χ2n) is 5.43. The first kappa shape index (κ1) is 16.5. The molecule has 7 heteroatoms. The Bertz CT molecular complexity index is 529. The van der Waals surface area contributed by atoms with Gasteiger partial charge in [-0.2, -0.15) is 0 Å². The normalized spacial score (nSPS) is 19.8. The van der Waals surface area contributed by atoms with Crippen molar-refractivity contribution in [1.82, 2.24) is 9.88 Å². The van der Waals surface area contributed by atoms with Crippen LogP contribution in [-0.4, -0.2) is 41.5 Å². The van der Waals surface area contributed by atoms with Crippen LogP contribution in [0.5, 0.6) is 0 Å². The third-order valence-corrected chi connectivity index (χ3v) is 3.83. The van der Waals surface area contributed by atoms with Crippen molar-refractivity contribution in [3.63, 3.8) is 0 Å². The highest BCUT2D eigenvalue weighted by molar-refractivity contribution is 5.92. The van der Waals surface area contributed by atoms with E-state index < -0.39 is 0 Å². The summed E-state index contributed by atoms with van der Waals surface area (Å²) in [4.78, 5) is 30.1. The number of piperidine rings is 1. The van der Waals surface area contributed by atoms with E-state index in [-0.39, 0.29) is 29.5 Å². The van der Waals surface area contributed by atoms with E-state index in [0.717, 1.165) is 12.8 Å². The van der Waals surface area contributed by atoms with E-state index >= 15 is 0 Å². The Hall–Kier alpha value is -1.89. The zero-order chi connectivity index (χ0) is 16.1. The quantitative estimate of drug-likeness (QED) is 0.828. The van der Waals surface area contributed by atoms with Gasteiger partial charge in [-0.25, -0.2) is 4.98 Å². The number of rotatable bonds is 5. The fourth-order valence-corrected chi connectivity index (χ4v) is 2.51. The molecule has 2 unspecified atom stereocenters. The number of hydrogen-bond acceptors (Lipinski definition) is 6. The topological polar surface area (TPSA) is 98.7 Å². The molecule has 2 heterocycles.